The normalized spacial score (nSPS) is 28.8. The predicted molar refractivity (Wildman–Crippen MR) is 89.4 cm³/mol. The first kappa shape index (κ1) is 17.9. The van der Waals surface area contributed by atoms with E-state index in [9.17, 15) is 13.2 Å². The summed E-state index contributed by atoms with van der Waals surface area (Å²) in [6.45, 7) is 9.21. The van der Waals surface area contributed by atoms with Gasteiger partial charge in [0.1, 0.15) is 12.1 Å². The molecule has 0 saturated carbocycles. The number of aryl methyl sites for hydroxylation is 1. The molecule has 2 aliphatic rings. The fraction of sp³-hybridized carbons (Fsp3) is 0.471. The highest BCUT2D eigenvalue weighted by atomic mass is 32.2. The van der Waals surface area contributed by atoms with Crippen molar-refractivity contribution >= 4 is 16.1 Å². The van der Waals surface area contributed by atoms with E-state index in [1.165, 1.54) is 18.2 Å². The van der Waals surface area contributed by atoms with Crippen molar-refractivity contribution in [2.24, 2.45) is 0 Å². The van der Waals surface area contributed by atoms with Crippen LogP contribution in [-0.4, -0.2) is 49.5 Å². The minimum atomic E-state index is -4.07. The Morgan fingerprint density at radius 3 is 2.44 bits per heavy atom. The van der Waals surface area contributed by atoms with Crippen molar-refractivity contribution in [1.82, 2.24) is 4.31 Å². The molecular weight excluding hydrogens is 346 g/mol. The van der Waals surface area contributed by atoms with Gasteiger partial charge in [0.05, 0.1) is 11.5 Å². The van der Waals surface area contributed by atoms with Gasteiger partial charge in [0.2, 0.25) is 0 Å². The Morgan fingerprint density at radius 1 is 1.28 bits per heavy atom. The SMILES string of the molecule is C=C[C@H]1[C@H]([C@H]2COC(C)(C)O2)OC(=O)N1S(=O)(=O)c1ccc(C)cc1. The van der Waals surface area contributed by atoms with Crippen LogP contribution < -0.4 is 0 Å². The Morgan fingerprint density at radius 2 is 1.92 bits per heavy atom. The summed E-state index contributed by atoms with van der Waals surface area (Å²) < 4.78 is 43.1. The molecule has 2 heterocycles. The fourth-order valence-corrected chi connectivity index (χ4v) is 4.45. The van der Waals surface area contributed by atoms with E-state index in [0.29, 0.717) is 0 Å². The highest BCUT2D eigenvalue weighted by molar-refractivity contribution is 7.89. The second-order valence-electron chi connectivity index (χ2n) is 6.56. The van der Waals surface area contributed by atoms with E-state index in [4.69, 9.17) is 14.2 Å². The van der Waals surface area contributed by atoms with Crippen molar-refractivity contribution in [1.29, 1.82) is 0 Å². The molecule has 2 aliphatic heterocycles. The lowest BCUT2D eigenvalue weighted by Gasteiger charge is -2.24. The Bertz CT molecular complexity index is 786. The number of benzene rings is 1. The zero-order valence-electron chi connectivity index (χ0n) is 14.3. The Balaban J connectivity index is 1.92. The van der Waals surface area contributed by atoms with E-state index in [1.807, 2.05) is 6.92 Å². The molecule has 0 bridgehead atoms. The van der Waals surface area contributed by atoms with Gasteiger partial charge in [-0.1, -0.05) is 23.8 Å². The van der Waals surface area contributed by atoms with Crippen molar-refractivity contribution in [3.05, 3.63) is 42.5 Å². The molecule has 0 aliphatic carbocycles. The molecule has 136 valence electrons. The van der Waals surface area contributed by atoms with Gasteiger partial charge in [0.15, 0.2) is 11.9 Å². The summed E-state index contributed by atoms with van der Waals surface area (Å²) in [5.74, 6) is -0.813. The number of amides is 1. The van der Waals surface area contributed by atoms with Crippen LogP contribution in [0.4, 0.5) is 4.79 Å². The molecule has 0 aromatic heterocycles. The molecular formula is C17H21NO6S. The van der Waals surface area contributed by atoms with E-state index in [0.717, 1.165) is 9.87 Å². The number of nitrogens with zero attached hydrogens (tertiary/aromatic N) is 1. The van der Waals surface area contributed by atoms with Crippen LogP contribution in [-0.2, 0) is 24.2 Å². The Labute approximate surface area is 147 Å². The summed E-state index contributed by atoms with van der Waals surface area (Å²) in [6, 6.07) is 5.39. The fourth-order valence-electron chi connectivity index (χ4n) is 2.98. The number of carbonyl (C=O) groups excluding carboxylic acids is 1. The summed E-state index contributed by atoms with van der Waals surface area (Å²) >= 11 is 0. The van der Waals surface area contributed by atoms with Gasteiger partial charge in [0.25, 0.3) is 10.0 Å². The maximum Gasteiger partial charge on any atom is 0.425 e. The summed E-state index contributed by atoms with van der Waals surface area (Å²) in [7, 11) is -4.07. The third-order valence-electron chi connectivity index (χ3n) is 4.24. The molecule has 3 atom stereocenters. The van der Waals surface area contributed by atoms with Crippen LogP contribution in [0, 0.1) is 6.92 Å². The van der Waals surface area contributed by atoms with Crippen molar-refractivity contribution in [3.8, 4) is 0 Å². The van der Waals surface area contributed by atoms with Crippen LogP contribution in [0.25, 0.3) is 0 Å². The van der Waals surface area contributed by atoms with E-state index in [1.54, 1.807) is 26.0 Å². The van der Waals surface area contributed by atoms with E-state index < -0.39 is 40.2 Å². The van der Waals surface area contributed by atoms with Crippen LogP contribution >= 0.6 is 0 Å². The second kappa shape index (κ2) is 6.12. The molecule has 0 N–H and O–H groups in total. The molecule has 0 unspecified atom stereocenters. The number of hydrogen-bond acceptors (Lipinski definition) is 6. The summed E-state index contributed by atoms with van der Waals surface area (Å²) in [5, 5.41) is 0. The van der Waals surface area contributed by atoms with Gasteiger partial charge in [-0.05, 0) is 32.9 Å². The summed E-state index contributed by atoms with van der Waals surface area (Å²) in [5.41, 5.74) is 0.917. The van der Waals surface area contributed by atoms with Gasteiger partial charge in [-0.3, -0.25) is 0 Å². The zero-order chi connectivity index (χ0) is 18.4. The third-order valence-corrected chi connectivity index (χ3v) is 6.02. The first-order chi connectivity index (χ1) is 11.7. The zero-order valence-corrected chi connectivity index (χ0v) is 15.2. The number of cyclic esters (lactones) is 1. The van der Waals surface area contributed by atoms with Gasteiger partial charge < -0.3 is 14.2 Å². The van der Waals surface area contributed by atoms with Crippen molar-refractivity contribution in [2.45, 2.75) is 49.7 Å². The maximum absolute atomic E-state index is 12.9. The number of carbonyl (C=O) groups is 1. The van der Waals surface area contributed by atoms with Crippen LogP contribution in [0.5, 0.6) is 0 Å². The van der Waals surface area contributed by atoms with E-state index >= 15 is 0 Å². The highest BCUT2D eigenvalue weighted by Crippen LogP contribution is 2.34. The molecule has 1 aromatic rings. The number of hydrogen-bond donors (Lipinski definition) is 0. The topological polar surface area (TPSA) is 82.1 Å². The molecule has 1 aromatic carbocycles. The van der Waals surface area contributed by atoms with Crippen molar-refractivity contribution < 1.29 is 27.4 Å². The maximum atomic E-state index is 12.9. The lowest BCUT2D eigenvalue weighted by Crippen LogP contribution is -2.44. The van der Waals surface area contributed by atoms with Crippen LogP contribution in [0.1, 0.15) is 19.4 Å². The Kier molecular flexibility index (Phi) is 4.38. The standard InChI is InChI=1S/C17H21NO6S/c1-5-13-15(14-10-22-17(3,4)24-14)23-16(19)18(13)25(20,21)12-8-6-11(2)7-9-12/h5-9,13-15H,1,10H2,2-4H3/t13-,14+,15+/m0/s1. The molecule has 7 nitrogen and oxygen atoms in total. The van der Waals surface area contributed by atoms with Crippen molar-refractivity contribution in [2.75, 3.05) is 6.61 Å². The highest BCUT2D eigenvalue weighted by Gasteiger charge is 2.53. The van der Waals surface area contributed by atoms with Crippen LogP contribution in [0.15, 0.2) is 41.8 Å². The average Bonchev–Trinajstić information content (AvgIpc) is 3.07. The quantitative estimate of drug-likeness (QED) is 0.759. The van der Waals surface area contributed by atoms with Crippen LogP contribution in [0.2, 0.25) is 0 Å². The van der Waals surface area contributed by atoms with Crippen molar-refractivity contribution in [3.63, 3.8) is 0 Å². The molecule has 25 heavy (non-hydrogen) atoms. The second-order valence-corrected chi connectivity index (χ2v) is 8.37. The molecule has 3 rings (SSSR count). The van der Waals surface area contributed by atoms with E-state index in [2.05, 4.69) is 6.58 Å². The van der Waals surface area contributed by atoms with Gasteiger partial charge in [0, 0.05) is 0 Å². The lowest BCUT2D eigenvalue weighted by atomic mass is 10.1. The summed E-state index contributed by atoms with van der Waals surface area (Å²) in [6.07, 6.45) is -0.938. The smallest absolute Gasteiger partial charge is 0.425 e. The molecule has 1 amide bonds. The van der Waals surface area contributed by atoms with Gasteiger partial charge in [-0.2, -0.15) is 4.31 Å². The molecule has 0 radical (unpaired) electrons. The monoisotopic (exact) mass is 367 g/mol. The predicted octanol–water partition coefficient (Wildman–Crippen LogP) is 2.21. The van der Waals surface area contributed by atoms with E-state index in [-0.39, 0.29) is 11.5 Å². The number of rotatable bonds is 4. The minimum absolute atomic E-state index is 0.0199. The first-order valence-electron chi connectivity index (χ1n) is 7.92. The lowest BCUT2D eigenvalue weighted by molar-refractivity contribution is -0.149. The Hall–Kier alpha value is -1.90. The molecule has 2 saturated heterocycles. The van der Waals surface area contributed by atoms with Gasteiger partial charge in [-0.25, -0.2) is 13.2 Å². The minimum Gasteiger partial charge on any atom is -0.440 e. The number of sulfonamides is 1. The average molecular weight is 367 g/mol. The van der Waals surface area contributed by atoms with Crippen LogP contribution in [0.3, 0.4) is 0 Å². The van der Waals surface area contributed by atoms with Gasteiger partial charge in [-0.15, -0.1) is 6.58 Å². The number of ether oxygens (including phenoxy) is 3. The largest absolute Gasteiger partial charge is 0.440 e. The molecule has 0 spiro atoms. The van der Waals surface area contributed by atoms with Gasteiger partial charge >= 0.3 is 6.09 Å². The molecule has 2 fully saturated rings. The first-order valence-corrected chi connectivity index (χ1v) is 9.36. The molecule has 8 heteroatoms. The third kappa shape index (κ3) is 3.17. The summed E-state index contributed by atoms with van der Waals surface area (Å²) in [4.78, 5) is 12.4.